The van der Waals surface area contributed by atoms with Crippen molar-refractivity contribution >= 4 is 41.6 Å². The quantitative estimate of drug-likeness (QED) is 0.186. The van der Waals surface area contributed by atoms with Crippen LogP contribution < -0.4 is 0 Å². The minimum atomic E-state index is -2.63. The Hall–Kier alpha value is -1.24. The molecular weight excluding hydrogens is 558 g/mol. The van der Waals surface area contributed by atoms with E-state index >= 15 is 0 Å². The van der Waals surface area contributed by atoms with Crippen LogP contribution in [0.5, 0.6) is 0 Å². The number of nitrogens with zero attached hydrogens (tertiary/aromatic N) is 6. The second kappa shape index (κ2) is 14.0. The Bertz CT molecular complexity index is 683. The van der Waals surface area contributed by atoms with Gasteiger partial charge in [0.25, 0.3) is 0 Å². The molecular formula is C21H30Br2N6P2. The van der Waals surface area contributed by atoms with Gasteiger partial charge >= 0.3 is 204 Å². The first kappa shape index (κ1) is 29.8. The van der Waals surface area contributed by atoms with Crippen molar-refractivity contribution in [3.8, 4) is 36.4 Å². The van der Waals surface area contributed by atoms with E-state index in [1.54, 1.807) is 0 Å². The fourth-order valence-electron chi connectivity index (χ4n) is 4.18. The van der Waals surface area contributed by atoms with Gasteiger partial charge in [-0.25, -0.2) is 0 Å². The minimum absolute atomic E-state index is 0.384. The molecule has 0 saturated heterocycles. The fourth-order valence-corrected chi connectivity index (χ4v) is 17.7. The maximum absolute atomic E-state index is 9.21. The second-order valence-corrected chi connectivity index (χ2v) is 31.1. The van der Waals surface area contributed by atoms with Gasteiger partial charge < -0.3 is 0 Å². The van der Waals surface area contributed by atoms with E-state index < -0.39 is 10.6 Å². The molecule has 0 N–H and O–H groups in total. The van der Waals surface area contributed by atoms with Crippen molar-refractivity contribution < 1.29 is 0 Å². The van der Waals surface area contributed by atoms with Gasteiger partial charge in [-0.2, -0.15) is 0 Å². The monoisotopic (exact) mass is 586 g/mol. The summed E-state index contributed by atoms with van der Waals surface area (Å²) < 4.78 is 0. The molecule has 0 fully saturated rings. The molecule has 0 bridgehead atoms. The van der Waals surface area contributed by atoms with Crippen molar-refractivity contribution in [1.82, 2.24) is 0 Å². The van der Waals surface area contributed by atoms with Crippen LogP contribution in [0.2, 0.25) is 0 Å². The van der Waals surface area contributed by atoms with E-state index in [0.717, 1.165) is 18.7 Å². The van der Waals surface area contributed by atoms with Crippen molar-refractivity contribution in [2.75, 3.05) is 49.3 Å². The molecule has 0 aromatic rings. The molecule has 0 aliphatic heterocycles. The molecule has 0 amide bonds. The van der Waals surface area contributed by atoms with Gasteiger partial charge in [-0.3, -0.25) is 0 Å². The second-order valence-electron chi connectivity index (χ2n) is 8.23. The van der Waals surface area contributed by atoms with Crippen LogP contribution >= 0.6 is 41.6 Å². The summed E-state index contributed by atoms with van der Waals surface area (Å²) in [6.45, 7) is 0. The Morgan fingerprint density at radius 3 is 0.742 bits per heavy atom. The Morgan fingerprint density at radius 2 is 0.581 bits per heavy atom. The standard InChI is InChI=1S/C21H30Br2N6P2/c22-30(14-1-8-24,15-2-9-25,16-3-10-26)20-7-21-31(23,17-4-11-27,18-5-12-28)19-6-13-29/h1-7,14-21H2. The van der Waals surface area contributed by atoms with Crippen molar-refractivity contribution in [3.63, 3.8) is 0 Å². The third kappa shape index (κ3) is 10.3. The van der Waals surface area contributed by atoms with E-state index in [9.17, 15) is 31.6 Å². The Labute approximate surface area is 203 Å². The Kier molecular flexibility index (Phi) is 13.5. The van der Waals surface area contributed by atoms with E-state index in [0.29, 0.717) is 75.5 Å². The van der Waals surface area contributed by atoms with Crippen molar-refractivity contribution in [3.05, 3.63) is 0 Å². The Morgan fingerprint density at radius 1 is 0.387 bits per heavy atom. The first-order valence-corrected chi connectivity index (χ1v) is 20.3. The van der Waals surface area contributed by atoms with Crippen LogP contribution in [0.1, 0.15) is 44.9 Å². The summed E-state index contributed by atoms with van der Waals surface area (Å²) in [5.74, 6) is 0. The van der Waals surface area contributed by atoms with Gasteiger partial charge in [-0.05, 0) is 0 Å². The summed E-state index contributed by atoms with van der Waals surface area (Å²) in [6, 6.07) is 13.4. The molecule has 6 nitrogen and oxygen atoms in total. The van der Waals surface area contributed by atoms with E-state index in [1.807, 2.05) is 0 Å². The van der Waals surface area contributed by atoms with E-state index in [4.69, 9.17) is 0 Å². The van der Waals surface area contributed by atoms with Gasteiger partial charge in [0.1, 0.15) is 0 Å². The summed E-state index contributed by atoms with van der Waals surface area (Å²) in [6.07, 6.45) is 8.82. The van der Waals surface area contributed by atoms with Gasteiger partial charge in [-0.1, -0.05) is 0 Å². The molecule has 0 aliphatic carbocycles. The third-order valence-electron chi connectivity index (χ3n) is 6.13. The summed E-state index contributed by atoms with van der Waals surface area (Å²) >= 11 is 8.12. The number of halogens is 2. The van der Waals surface area contributed by atoms with Crippen LogP contribution in [0.15, 0.2) is 0 Å². The van der Waals surface area contributed by atoms with Crippen molar-refractivity contribution in [2.45, 2.75) is 44.9 Å². The average Bonchev–Trinajstić information content (AvgIpc) is 2.77. The molecule has 31 heavy (non-hydrogen) atoms. The van der Waals surface area contributed by atoms with Gasteiger partial charge in [0.05, 0.1) is 0 Å². The molecule has 0 saturated carbocycles. The van der Waals surface area contributed by atoms with E-state index in [-0.39, 0.29) is 0 Å². The SMILES string of the molecule is N#CCCP(Br)(CCC#N)(CCC#N)CCCP(Br)(CCC#N)(CCC#N)CCC#N. The zero-order valence-corrected chi connectivity index (χ0v) is 22.9. The van der Waals surface area contributed by atoms with E-state index in [2.05, 4.69) is 67.4 Å². The molecule has 0 aromatic carbocycles. The fraction of sp³-hybridized carbons (Fsp3) is 0.714. The number of rotatable bonds is 16. The molecule has 0 unspecified atom stereocenters. The molecule has 0 spiro atoms. The summed E-state index contributed by atoms with van der Waals surface area (Å²) in [4.78, 5) is 0. The first-order valence-electron chi connectivity index (χ1n) is 10.3. The first-order chi connectivity index (χ1) is 14.7. The summed E-state index contributed by atoms with van der Waals surface area (Å²) in [7, 11) is 0. The molecule has 0 aromatic heterocycles. The van der Waals surface area contributed by atoms with Crippen LogP contribution in [0.3, 0.4) is 0 Å². The molecule has 0 radical (unpaired) electrons. The van der Waals surface area contributed by atoms with Crippen molar-refractivity contribution in [1.29, 1.82) is 31.6 Å². The number of hydrogen-bond acceptors (Lipinski definition) is 6. The number of nitriles is 6. The van der Waals surface area contributed by atoms with Crippen LogP contribution in [0, 0.1) is 68.0 Å². The Balaban J connectivity index is 5.90. The van der Waals surface area contributed by atoms with Gasteiger partial charge in [0.2, 0.25) is 0 Å². The summed E-state index contributed by atoms with van der Waals surface area (Å²) in [5, 5.41) is 50.0. The molecule has 168 valence electrons. The zero-order valence-electron chi connectivity index (χ0n) is 17.9. The molecule has 10 heteroatoms. The maximum atomic E-state index is 9.21. The van der Waals surface area contributed by atoms with Crippen LogP contribution in [-0.2, 0) is 0 Å². The number of hydrogen-bond donors (Lipinski definition) is 0. The van der Waals surface area contributed by atoms with Gasteiger partial charge in [0, 0.05) is 0 Å². The normalized spacial score (nSPS) is 13.4. The average molecular weight is 588 g/mol. The van der Waals surface area contributed by atoms with Gasteiger partial charge in [0.15, 0.2) is 0 Å². The molecule has 0 aliphatic rings. The zero-order chi connectivity index (χ0) is 23.7. The molecule has 0 rings (SSSR count). The van der Waals surface area contributed by atoms with Crippen molar-refractivity contribution in [2.24, 2.45) is 0 Å². The molecule has 0 heterocycles. The topological polar surface area (TPSA) is 143 Å². The predicted molar refractivity (Wildman–Crippen MR) is 137 cm³/mol. The predicted octanol–water partition coefficient (Wildman–Crippen LogP) is 6.58. The van der Waals surface area contributed by atoms with Crippen LogP contribution in [-0.4, -0.2) is 49.3 Å². The van der Waals surface area contributed by atoms with Gasteiger partial charge in [-0.15, -0.1) is 0 Å². The third-order valence-corrected chi connectivity index (χ3v) is 25.6. The summed E-state index contributed by atoms with van der Waals surface area (Å²) in [5.41, 5.74) is 0. The van der Waals surface area contributed by atoms with E-state index in [1.165, 1.54) is 0 Å². The molecule has 0 atom stereocenters. The van der Waals surface area contributed by atoms with Crippen LogP contribution in [0.25, 0.3) is 0 Å². The van der Waals surface area contributed by atoms with Crippen LogP contribution in [0.4, 0.5) is 0 Å².